The Balaban J connectivity index is 2.31. The lowest BCUT2D eigenvalue weighted by Crippen LogP contribution is -2.37. The number of carbonyl (C=O) groups excluding carboxylic acids is 2. The van der Waals surface area contributed by atoms with E-state index in [1.54, 1.807) is 21.1 Å². The SMILES string of the molecule is CN(C)C(=O)CN(C)C(=O)c1sc2cc(Br)ccc2c1N. The summed E-state index contributed by atoms with van der Waals surface area (Å²) in [6.45, 7) is 0.0310. The number of likely N-dealkylation sites (N-methyl/N-ethyl adjacent to an activating group) is 2. The highest BCUT2D eigenvalue weighted by molar-refractivity contribution is 9.10. The first-order valence-electron chi connectivity index (χ1n) is 6.24. The van der Waals surface area contributed by atoms with Crippen LogP contribution in [0.4, 0.5) is 5.69 Å². The summed E-state index contributed by atoms with van der Waals surface area (Å²) in [7, 11) is 4.92. The Morgan fingerprint density at radius 1 is 1.29 bits per heavy atom. The van der Waals surface area contributed by atoms with Gasteiger partial charge in [0.1, 0.15) is 4.88 Å². The first-order valence-corrected chi connectivity index (χ1v) is 7.85. The fourth-order valence-electron chi connectivity index (χ4n) is 1.84. The minimum atomic E-state index is -0.236. The van der Waals surface area contributed by atoms with Crippen molar-refractivity contribution in [2.24, 2.45) is 0 Å². The Morgan fingerprint density at radius 3 is 2.57 bits per heavy atom. The van der Waals surface area contributed by atoms with Crippen molar-refractivity contribution in [3.63, 3.8) is 0 Å². The minimum absolute atomic E-state index is 0.0310. The Hall–Kier alpha value is -1.60. The second kappa shape index (κ2) is 6.03. The largest absolute Gasteiger partial charge is 0.397 e. The van der Waals surface area contributed by atoms with Crippen molar-refractivity contribution in [1.29, 1.82) is 0 Å². The fourth-order valence-corrected chi connectivity index (χ4v) is 3.51. The molecule has 0 fully saturated rings. The summed E-state index contributed by atoms with van der Waals surface area (Å²) < 4.78 is 1.88. The standard InChI is InChI=1S/C14H16BrN3O2S/c1-17(2)11(19)7-18(3)14(20)13-12(16)9-5-4-8(15)6-10(9)21-13/h4-6H,7,16H2,1-3H3. The van der Waals surface area contributed by atoms with Crippen LogP contribution in [0.25, 0.3) is 10.1 Å². The van der Waals surface area contributed by atoms with Crippen molar-refractivity contribution in [2.45, 2.75) is 0 Å². The van der Waals surface area contributed by atoms with Gasteiger partial charge in [-0.25, -0.2) is 0 Å². The van der Waals surface area contributed by atoms with Gasteiger partial charge in [0.15, 0.2) is 0 Å². The molecule has 21 heavy (non-hydrogen) atoms. The van der Waals surface area contributed by atoms with Crippen LogP contribution in [0.15, 0.2) is 22.7 Å². The number of amides is 2. The van der Waals surface area contributed by atoms with Gasteiger partial charge in [-0.2, -0.15) is 0 Å². The summed E-state index contributed by atoms with van der Waals surface area (Å²) in [5.74, 6) is -0.367. The van der Waals surface area contributed by atoms with Crippen LogP contribution in [0.1, 0.15) is 9.67 Å². The monoisotopic (exact) mass is 369 g/mol. The van der Waals surface area contributed by atoms with Gasteiger partial charge >= 0.3 is 0 Å². The van der Waals surface area contributed by atoms with Crippen LogP contribution in [-0.4, -0.2) is 49.3 Å². The Labute approximate surface area is 135 Å². The molecule has 2 amide bonds. The predicted octanol–water partition coefficient (Wildman–Crippen LogP) is 2.41. The zero-order chi connectivity index (χ0) is 15.7. The molecule has 0 spiro atoms. The van der Waals surface area contributed by atoms with Gasteiger partial charge in [0.25, 0.3) is 5.91 Å². The molecule has 1 heterocycles. The Kier molecular flexibility index (Phi) is 4.53. The maximum Gasteiger partial charge on any atom is 0.266 e. The number of nitrogen functional groups attached to an aromatic ring is 1. The highest BCUT2D eigenvalue weighted by atomic mass is 79.9. The van der Waals surface area contributed by atoms with Crippen LogP contribution in [0.2, 0.25) is 0 Å². The first kappa shape index (κ1) is 15.8. The summed E-state index contributed by atoms with van der Waals surface area (Å²) >= 11 is 4.74. The molecule has 2 aromatic rings. The number of benzene rings is 1. The lowest BCUT2D eigenvalue weighted by molar-refractivity contribution is -0.129. The van der Waals surface area contributed by atoms with Crippen molar-refractivity contribution in [3.05, 3.63) is 27.5 Å². The van der Waals surface area contributed by atoms with E-state index < -0.39 is 0 Å². The molecule has 7 heteroatoms. The number of nitrogens with zero attached hydrogens (tertiary/aromatic N) is 2. The van der Waals surface area contributed by atoms with Crippen molar-refractivity contribution in [1.82, 2.24) is 9.80 Å². The van der Waals surface area contributed by atoms with Crippen molar-refractivity contribution < 1.29 is 9.59 Å². The molecule has 0 saturated carbocycles. The Morgan fingerprint density at radius 2 is 1.95 bits per heavy atom. The van der Waals surface area contributed by atoms with Crippen LogP contribution < -0.4 is 5.73 Å². The van der Waals surface area contributed by atoms with E-state index in [4.69, 9.17) is 5.73 Å². The molecule has 0 aliphatic rings. The number of halogens is 1. The number of thiophene rings is 1. The molecule has 0 atom stereocenters. The molecule has 2 rings (SSSR count). The lowest BCUT2D eigenvalue weighted by Gasteiger charge is -2.18. The van der Waals surface area contributed by atoms with E-state index in [0.29, 0.717) is 10.6 Å². The van der Waals surface area contributed by atoms with Crippen molar-refractivity contribution in [3.8, 4) is 0 Å². The van der Waals surface area contributed by atoms with Gasteiger partial charge in [-0.1, -0.05) is 22.0 Å². The van der Waals surface area contributed by atoms with E-state index in [9.17, 15) is 9.59 Å². The second-order valence-electron chi connectivity index (χ2n) is 4.93. The molecular weight excluding hydrogens is 354 g/mol. The number of fused-ring (bicyclic) bond motifs is 1. The molecule has 1 aromatic carbocycles. The van der Waals surface area contributed by atoms with E-state index >= 15 is 0 Å². The van der Waals surface area contributed by atoms with Gasteiger partial charge in [-0.05, 0) is 12.1 Å². The number of anilines is 1. The summed E-state index contributed by atoms with van der Waals surface area (Å²) in [4.78, 5) is 27.5. The third-order valence-corrected chi connectivity index (χ3v) is 4.75. The van der Waals surface area contributed by atoms with Crippen LogP contribution in [0.3, 0.4) is 0 Å². The summed E-state index contributed by atoms with van der Waals surface area (Å²) in [5.41, 5.74) is 6.54. The summed E-state index contributed by atoms with van der Waals surface area (Å²) in [5, 5.41) is 0.860. The smallest absolute Gasteiger partial charge is 0.266 e. The average Bonchev–Trinajstić information content (AvgIpc) is 2.74. The zero-order valence-corrected chi connectivity index (χ0v) is 14.4. The molecule has 0 radical (unpaired) electrons. The van der Waals surface area contributed by atoms with Gasteiger partial charge in [0, 0.05) is 35.7 Å². The molecule has 5 nitrogen and oxygen atoms in total. The van der Waals surface area contributed by atoms with E-state index in [1.807, 2.05) is 18.2 Å². The van der Waals surface area contributed by atoms with E-state index in [-0.39, 0.29) is 18.4 Å². The van der Waals surface area contributed by atoms with Crippen LogP contribution >= 0.6 is 27.3 Å². The van der Waals surface area contributed by atoms with Gasteiger partial charge in [-0.15, -0.1) is 11.3 Å². The fraction of sp³-hybridized carbons (Fsp3) is 0.286. The summed E-state index contributed by atoms with van der Waals surface area (Å²) in [6, 6.07) is 5.70. The predicted molar refractivity (Wildman–Crippen MR) is 89.6 cm³/mol. The third kappa shape index (κ3) is 3.19. The normalized spacial score (nSPS) is 10.7. The van der Waals surface area contributed by atoms with Gasteiger partial charge in [0.05, 0.1) is 12.2 Å². The molecule has 112 valence electrons. The minimum Gasteiger partial charge on any atom is -0.397 e. The van der Waals surface area contributed by atoms with Gasteiger partial charge < -0.3 is 15.5 Å². The van der Waals surface area contributed by atoms with Crippen molar-refractivity contribution in [2.75, 3.05) is 33.4 Å². The van der Waals surface area contributed by atoms with Crippen LogP contribution in [-0.2, 0) is 4.79 Å². The van der Waals surface area contributed by atoms with E-state index in [1.165, 1.54) is 21.1 Å². The quantitative estimate of drug-likeness (QED) is 0.902. The van der Waals surface area contributed by atoms with E-state index in [0.717, 1.165) is 14.6 Å². The number of hydrogen-bond donors (Lipinski definition) is 1. The topological polar surface area (TPSA) is 66.6 Å². The zero-order valence-electron chi connectivity index (χ0n) is 12.0. The highest BCUT2D eigenvalue weighted by Crippen LogP contribution is 2.35. The lowest BCUT2D eigenvalue weighted by atomic mass is 10.2. The van der Waals surface area contributed by atoms with Gasteiger partial charge in [-0.3, -0.25) is 9.59 Å². The maximum absolute atomic E-state index is 12.5. The average molecular weight is 370 g/mol. The number of carbonyl (C=O) groups is 2. The van der Waals surface area contributed by atoms with E-state index in [2.05, 4.69) is 15.9 Å². The first-order chi connectivity index (χ1) is 9.81. The second-order valence-corrected chi connectivity index (χ2v) is 6.90. The molecule has 0 aliphatic carbocycles. The number of hydrogen-bond acceptors (Lipinski definition) is 4. The van der Waals surface area contributed by atoms with Gasteiger partial charge in [0.2, 0.25) is 5.91 Å². The molecule has 0 unspecified atom stereocenters. The Bertz CT molecular complexity index is 712. The molecule has 2 N–H and O–H groups in total. The molecule has 1 aromatic heterocycles. The van der Waals surface area contributed by atoms with Crippen LogP contribution in [0, 0.1) is 0 Å². The third-order valence-electron chi connectivity index (χ3n) is 3.10. The highest BCUT2D eigenvalue weighted by Gasteiger charge is 2.21. The number of nitrogens with two attached hydrogens (primary N) is 1. The molecular formula is C14H16BrN3O2S. The maximum atomic E-state index is 12.5. The van der Waals surface area contributed by atoms with Crippen LogP contribution in [0.5, 0.6) is 0 Å². The number of rotatable bonds is 3. The molecule has 0 bridgehead atoms. The molecule has 0 aliphatic heterocycles. The molecule has 0 saturated heterocycles. The summed E-state index contributed by atoms with van der Waals surface area (Å²) in [6.07, 6.45) is 0. The van der Waals surface area contributed by atoms with Crippen molar-refractivity contribution >= 4 is 54.9 Å².